The van der Waals surface area contributed by atoms with Gasteiger partial charge in [-0.15, -0.1) is 0 Å². The van der Waals surface area contributed by atoms with Gasteiger partial charge in [0.05, 0.1) is 0 Å². The number of fused-ring (bicyclic) bond motifs is 2. The molecule has 2 unspecified atom stereocenters. The molecule has 0 N–H and O–H groups in total. The van der Waals surface area contributed by atoms with Crippen molar-refractivity contribution >= 4 is 19.3 Å². The molecule has 2 aromatic rings. The minimum absolute atomic E-state index is 0.542. The summed E-state index contributed by atoms with van der Waals surface area (Å²) in [5.74, 6) is 2.18. The van der Waals surface area contributed by atoms with Crippen LogP contribution >= 0.6 is 0 Å². The molecule has 2 atom stereocenters. The fourth-order valence-electron chi connectivity index (χ4n) is 9.92. The van der Waals surface area contributed by atoms with E-state index in [0.29, 0.717) is 32.9 Å². The van der Waals surface area contributed by atoms with Crippen LogP contribution in [-0.2, 0) is 12.2 Å². The summed E-state index contributed by atoms with van der Waals surface area (Å²) in [5.41, 5.74) is 16.8. The second kappa shape index (κ2) is 14.7. The van der Waals surface area contributed by atoms with E-state index in [2.05, 4.69) is 133 Å². The van der Waals surface area contributed by atoms with Crippen LogP contribution in [0, 0.1) is 0 Å². The third kappa shape index (κ3) is 6.07. The zero-order valence-corrected chi connectivity index (χ0v) is 35.2. The molecule has 0 radical (unpaired) electrons. The predicted octanol–water partition coefficient (Wildman–Crippen LogP) is 14.7. The molecule has 0 saturated carbocycles. The standard InChI is InChI=1S/2C17H23.2C4H9.C2H7Si.V/c2*1-6-13-7-15-9-14(11(2)3)10-16(12(4)5)17(15)8-13;2*1-3-4-2;1-3-2;/h2*7-12H,6H2,1-5H3;2*1,3-4H2,2H3;3H,1-2H3;. The van der Waals surface area contributed by atoms with Gasteiger partial charge in [0.2, 0.25) is 0 Å². The van der Waals surface area contributed by atoms with E-state index in [0.717, 1.165) is 0 Å². The van der Waals surface area contributed by atoms with E-state index in [-0.39, 0.29) is 0 Å². The van der Waals surface area contributed by atoms with Crippen molar-refractivity contribution in [2.45, 2.75) is 178 Å². The van der Waals surface area contributed by atoms with Crippen LogP contribution in [0.4, 0.5) is 0 Å². The third-order valence-corrected chi connectivity index (χ3v) is 42.8. The Balaban J connectivity index is 2.26. The number of allylic oxidation sites excluding steroid dienone is 2. The van der Waals surface area contributed by atoms with Gasteiger partial charge in [-0.1, -0.05) is 0 Å². The fraction of sp³-hybridized carbons (Fsp3) is 0.636. The van der Waals surface area contributed by atoms with Crippen molar-refractivity contribution in [3.05, 3.63) is 79.9 Å². The van der Waals surface area contributed by atoms with E-state index in [9.17, 15) is 0 Å². The Bertz CT molecular complexity index is 1340. The van der Waals surface area contributed by atoms with E-state index in [1.165, 1.54) is 48.8 Å². The first-order chi connectivity index (χ1) is 21.7. The average molecular weight is 679 g/mol. The van der Waals surface area contributed by atoms with Gasteiger partial charge in [0.25, 0.3) is 0 Å². The number of hydrogen-bond acceptors (Lipinski definition) is 0. The molecular weight excluding hydrogens is 608 g/mol. The van der Waals surface area contributed by atoms with Gasteiger partial charge in [0, 0.05) is 0 Å². The Morgan fingerprint density at radius 2 is 0.935 bits per heavy atom. The van der Waals surface area contributed by atoms with Crippen LogP contribution in [0.2, 0.25) is 23.4 Å². The topological polar surface area (TPSA) is 0 Å². The summed E-state index contributed by atoms with van der Waals surface area (Å²) in [6.45, 7) is 35.1. The van der Waals surface area contributed by atoms with Crippen LogP contribution in [0.25, 0.3) is 12.2 Å². The van der Waals surface area contributed by atoms with Gasteiger partial charge in [0.15, 0.2) is 0 Å². The van der Waals surface area contributed by atoms with Crippen LogP contribution in [0.15, 0.2) is 35.4 Å². The zero-order chi connectivity index (χ0) is 34.2. The van der Waals surface area contributed by atoms with Crippen LogP contribution < -0.4 is 0 Å². The maximum atomic E-state index is 2.86. The summed E-state index contributed by atoms with van der Waals surface area (Å²) in [5, 5.41) is 3.04. The molecule has 46 heavy (non-hydrogen) atoms. The van der Waals surface area contributed by atoms with Gasteiger partial charge < -0.3 is 0 Å². The molecule has 0 heterocycles. The summed E-state index contributed by atoms with van der Waals surface area (Å²) in [6.07, 6.45) is 13.3. The minimum atomic E-state index is -3.40. The Labute approximate surface area is 288 Å². The molecular formula is C44H71SiV. The van der Waals surface area contributed by atoms with E-state index in [1.54, 1.807) is 44.5 Å². The van der Waals surface area contributed by atoms with Gasteiger partial charge in [-0.25, -0.2) is 0 Å². The summed E-state index contributed by atoms with van der Waals surface area (Å²) in [7, 11) is -1.21. The molecule has 0 amide bonds. The molecule has 2 aliphatic carbocycles. The number of unbranched alkanes of at least 4 members (excludes halogenated alkanes) is 2. The van der Waals surface area contributed by atoms with E-state index in [4.69, 9.17) is 0 Å². The second-order valence-corrected chi connectivity index (χ2v) is 37.8. The zero-order valence-electron chi connectivity index (χ0n) is 32.6. The maximum absolute atomic E-state index is 3.40. The van der Waals surface area contributed by atoms with Crippen molar-refractivity contribution < 1.29 is 12.2 Å². The summed E-state index contributed by atoms with van der Waals surface area (Å²) < 4.78 is 1.33. The molecule has 0 nitrogen and oxygen atoms in total. The van der Waals surface area contributed by atoms with Crippen molar-refractivity contribution in [3.8, 4) is 0 Å². The van der Waals surface area contributed by atoms with Crippen molar-refractivity contribution in [3.63, 3.8) is 0 Å². The molecule has 2 aromatic carbocycles. The SMILES string of the molecule is CCC[CH2][V]([CH2]CCC)([CH]1C(CC)=Cc2c(C(C)C)cc(C(C)C)cc21)([CH]1C(CC)=Cc2c(C(C)C)cc(C(C)C)cc21)[SiH](C)C. The van der Waals surface area contributed by atoms with Gasteiger partial charge >= 0.3 is 289 Å². The summed E-state index contributed by atoms with van der Waals surface area (Å²) in [4.78, 5) is 0. The molecule has 2 aliphatic rings. The Morgan fingerprint density at radius 3 is 1.20 bits per heavy atom. The first-order valence-electron chi connectivity index (χ1n) is 19.5. The monoisotopic (exact) mass is 678 g/mol. The van der Waals surface area contributed by atoms with Crippen molar-refractivity contribution in [1.82, 2.24) is 0 Å². The number of hydrogen-bond donors (Lipinski definition) is 0. The molecule has 256 valence electrons. The third-order valence-electron chi connectivity index (χ3n) is 12.6. The number of benzene rings is 2. The number of rotatable bonds is 15. The second-order valence-electron chi connectivity index (χ2n) is 16.8. The van der Waals surface area contributed by atoms with Crippen LogP contribution in [0.3, 0.4) is 0 Å². The van der Waals surface area contributed by atoms with Crippen molar-refractivity contribution in [2.75, 3.05) is 0 Å². The van der Waals surface area contributed by atoms with Gasteiger partial charge in [-0.3, -0.25) is 0 Å². The molecule has 2 heteroatoms. The van der Waals surface area contributed by atoms with E-state index >= 15 is 0 Å². The summed E-state index contributed by atoms with van der Waals surface area (Å²) >= 11 is -3.40. The molecule has 0 bridgehead atoms. The first-order valence-corrected chi connectivity index (χ1v) is 28.3. The Kier molecular flexibility index (Phi) is 12.0. The normalized spacial score (nSPS) is 18.9. The average Bonchev–Trinajstić information content (AvgIpc) is 3.59. The quantitative estimate of drug-likeness (QED) is 0.165. The Hall–Kier alpha value is -1.28. The van der Waals surface area contributed by atoms with Crippen LogP contribution in [-0.4, -0.2) is 7.17 Å². The van der Waals surface area contributed by atoms with E-state index in [1.807, 2.05) is 11.1 Å². The van der Waals surface area contributed by atoms with Gasteiger partial charge in [-0.05, 0) is 0 Å². The molecule has 4 rings (SSSR count). The van der Waals surface area contributed by atoms with E-state index < -0.39 is 19.4 Å². The van der Waals surface area contributed by atoms with Gasteiger partial charge in [-0.2, -0.15) is 0 Å². The predicted molar refractivity (Wildman–Crippen MR) is 210 cm³/mol. The fourth-order valence-corrected chi connectivity index (χ4v) is 39.2. The molecule has 0 spiro atoms. The Morgan fingerprint density at radius 1 is 0.565 bits per heavy atom. The molecule has 0 fully saturated rings. The van der Waals surface area contributed by atoms with Crippen LogP contribution in [0.5, 0.6) is 0 Å². The summed E-state index contributed by atoms with van der Waals surface area (Å²) in [6, 6.07) is 10.7. The van der Waals surface area contributed by atoms with Crippen LogP contribution in [0.1, 0.15) is 199 Å². The van der Waals surface area contributed by atoms with Gasteiger partial charge in [0.1, 0.15) is 0 Å². The van der Waals surface area contributed by atoms with Crippen molar-refractivity contribution in [2.24, 2.45) is 0 Å². The first kappa shape index (κ1) is 37.5. The molecule has 0 aromatic heterocycles. The van der Waals surface area contributed by atoms with Crippen molar-refractivity contribution in [1.29, 1.82) is 0 Å². The molecule has 0 aliphatic heterocycles. The molecule has 0 saturated heterocycles.